The van der Waals surface area contributed by atoms with Gasteiger partial charge in [0.15, 0.2) is 0 Å². The number of nitrogens with one attached hydrogen (secondary N) is 1. The monoisotopic (exact) mass is 330 g/mol. The van der Waals surface area contributed by atoms with Crippen LogP contribution in [0, 0.1) is 23.0 Å². The van der Waals surface area contributed by atoms with E-state index in [9.17, 15) is 8.78 Å². The Bertz CT molecular complexity index is 769. The van der Waals surface area contributed by atoms with Crippen LogP contribution in [0.25, 0.3) is 0 Å². The highest BCUT2D eigenvalue weighted by atomic mass is 19.1. The van der Waals surface area contributed by atoms with E-state index < -0.39 is 11.6 Å². The van der Waals surface area contributed by atoms with Crippen LogP contribution in [0.2, 0.25) is 0 Å². The third kappa shape index (κ3) is 3.65. The SMILES string of the molecule is CCOc1c(C(C)CC)ccc(F)c1Nc1ccc(C#N)c(F)c1. The van der Waals surface area contributed by atoms with Gasteiger partial charge >= 0.3 is 0 Å². The summed E-state index contributed by atoms with van der Waals surface area (Å²) in [7, 11) is 0. The zero-order chi connectivity index (χ0) is 17.7. The molecule has 0 aromatic heterocycles. The first-order valence-electron chi connectivity index (χ1n) is 7.93. The molecule has 1 N–H and O–H groups in total. The van der Waals surface area contributed by atoms with Crippen LogP contribution in [-0.2, 0) is 0 Å². The summed E-state index contributed by atoms with van der Waals surface area (Å²) < 4.78 is 33.8. The van der Waals surface area contributed by atoms with Crippen molar-refractivity contribution in [1.82, 2.24) is 0 Å². The number of ether oxygens (including phenoxy) is 1. The van der Waals surface area contributed by atoms with Gasteiger partial charge in [0.2, 0.25) is 0 Å². The molecule has 2 rings (SSSR count). The molecule has 0 saturated heterocycles. The molecule has 3 nitrogen and oxygen atoms in total. The first-order valence-corrected chi connectivity index (χ1v) is 7.93. The third-order valence-corrected chi connectivity index (χ3v) is 3.93. The molecule has 0 saturated carbocycles. The standard InChI is InChI=1S/C19H20F2N2O/c1-4-12(3)15-8-9-16(20)18(19(15)24-5-2)23-14-7-6-13(11-22)17(21)10-14/h6-10,12,23H,4-5H2,1-3H3. The van der Waals surface area contributed by atoms with Crippen molar-refractivity contribution in [1.29, 1.82) is 5.26 Å². The van der Waals surface area contributed by atoms with Crippen LogP contribution < -0.4 is 10.1 Å². The van der Waals surface area contributed by atoms with Crippen LogP contribution in [0.5, 0.6) is 5.75 Å². The Morgan fingerprint density at radius 2 is 1.92 bits per heavy atom. The average molecular weight is 330 g/mol. The van der Waals surface area contributed by atoms with E-state index >= 15 is 0 Å². The number of hydrogen-bond acceptors (Lipinski definition) is 3. The number of rotatable bonds is 6. The van der Waals surface area contributed by atoms with E-state index in [1.54, 1.807) is 12.1 Å². The zero-order valence-electron chi connectivity index (χ0n) is 14.0. The summed E-state index contributed by atoms with van der Waals surface area (Å²) in [5.74, 6) is -0.490. The molecule has 24 heavy (non-hydrogen) atoms. The molecule has 0 aliphatic rings. The van der Waals surface area contributed by atoms with E-state index in [1.165, 1.54) is 24.3 Å². The normalized spacial score (nSPS) is 11.7. The summed E-state index contributed by atoms with van der Waals surface area (Å²) in [5.41, 5.74) is 1.38. The first-order chi connectivity index (χ1) is 11.5. The van der Waals surface area contributed by atoms with Gasteiger partial charge in [-0.05, 0) is 49.1 Å². The highest BCUT2D eigenvalue weighted by molar-refractivity contribution is 5.70. The topological polar surface area (TPSA) is 45.0 Å². The molecule has 0 heterocycles. The molecule has 0 aliphatic carbocycles. The van der Waals surface area contributed by atoms with Crippen molar-refractivity contribution in [3.63, 3.8) is 0 Å². The van der Waals surface area contributed by atoms with Crippen LogP contribution in [0.1, 0.15) is 44.2 Å². The maximum absolute atomic E-state index is 14.4. The van der Waals surface area contributed by atoms with Crippen molar-refractivity contribution in [2.45, 2.75) is 33.1 Å². The predicted octanol–water partition coefficient (Wildman–Crippen LogP) is 5.49. The van der Waals surface area contributed by atoms with Crippen molar-refractivity contribution in [3.8, 4) is 11.8 Å². The lowest BCUT2D eigenvalue weighted by Crippen LogP contribution is -2.06. The van der Waals surface area contributed by atoms with Gasteiger partial charge in [-0.15, -0.1) is 0 Å². The first kappa shape index (κ1) is 17.7. The summed E-state index contributed by atoms with van der Waals surface area (Å²) >= 11 is 0. The van der Waals surface area contributed by atoms with Crippen LogP contribution in [0.15, 0.2) is 30.3 Å². The number of hydrogen-bond donors (Lipinski definition) is 1. The number of halogens is 2. The molecule has 1 atom stereocenters. The van der Waals surface area contributed by atoms with E-state index in [4.69, 9.17) is 10.00 Å². The number of nitriles is 1. The van der Waals surface area contributed by atoms with Gasteiger partial charge in [-0.3, -0.25) is 0 Å². The summed E-state index contributed by atoms with van der Waals surface area (Å²) in [5, 5.41) is 11.7. The maximum atomic E-state index is 14.4. The molecule has 0 amide bonds. The Hall–Kier alpha value is -2.61. The van der Waals surface area contributed by atoms with E-state index in [1.807, 2.05) is 20.8 Å². The Labute approximate surface area is 140 Å². The van der Waals surface area contributed by atoms with Gasteiger partial charge in [-0.2, -0.15) is 5.26 Å². The van der Waals surface area contributed by atoms with Crippen molar-refractivity contribution in [2.24, 2.45) is 0 Å². The minimum atomic E-state index is -0.654. The largest absolute Gasteiger partial charge is 0.491 e. The molecule has 2 aromatic carbocycles. The second-order valence-corrected chi connectivity index (χ2v) is 5.51. The highest BCUT2D eigenvalue weighted by Crippen LogP contribution is 2.39. The molecule has 0 spiro atoms. The number of nitrogens with zero attached hydrogens (tertiary/aromatic N) is 1. The molecule has 5 heteroatoms. The minimum Gasteiger partial charge on any atom is -0.491 e. The Balaban J connectivity index is 2.48. The van der Waals surface area contributed by atoms with E-state index in [2.05, 4.69) is 5.32 Å². The number of benzene rings is 2. The van der Waals surface area contributed by atoms with E-state index in [0.717, 1.165) is 12.0 Å². The van der Waals surface area contributed by atoms with Gasteiger partial charge in [0, 0.05) is 5.69 Å². The van der Waals surface area contributed by atoms with Crippen LogP contribution in [-0.4, -0.2) is 6.61 Å². The summed E-state index contributed by atoms with van der Waals surface area (Å²) in [6.07, 6.45) is 0.886. The molecular formula is C19H20F2N2O. The Kier molecular flexibility index (Phi) is 5.75. The second-order valence-electron chi connectivity index (χ2n) is 5.51. The molecule has 0 bridgehead atoms. The lowest BCUT2D eigenvalue weighted by Gasteiger charge is -2.20. The molecule has 1 unspecified atom stereocenters. The molecule has 2 aromatic rings. The third-order valence-electron chi connectivity index (χ3n) is 3.93. The summed E-state index contributed by atoms with van der Waals surface area (Å²) in [6, 6.07) is 8.92. The number of anilines is 2. The van der Waals surface area contributed by atoms with Gasteiger partial charge in [-0.25, -0.2) is 8.78 Å². The molecule has 126 valence electrons. The fourth-order valence-electron chi connectivity index (χ4n) is 2.43. The van der Waals surface area contributed by atoms with Crippen molar-refractivity contribution in [3.05, 3.63) is 53.1 Å². The van der Waals surface area contributed by atoms with Crippen LogP contribution in [0.3, 0.4) is 0 Å². The van der Waals surface area contributed by atoms with E-state index in [0.29, 0.717) is 18.0 Å². The second kappa shape index (κ2) is 7.78. The fourth-order valence-corrected chi connectivity index (χ4v) is 2.43. The molecular weight excluding hydrogens is 310 g/mol. The zero-order valence-corrected chi connectivity index (χ0v) is 14.0. The summed E-state index contributed by atoms with van der Waals surface area (Å²) in [4.78, 5) is 0. The lowest BCUT2D eigenvalue weighted by atomic mass is 9.96. The molecule has 0 fully saturated rings. The maximum Gasteiger partial charge on any atom is 0.150 e. The fraction of sp³-hybridized carbons (Fsp3) is 0.316. The predicted molar refractivity (Wildman–Crippen MR) is 90.7 cm³/mol. The highest BCUT2D eigenvalue weighted by Gasteiger charge is 2.19. The van der Waals surface area contributed by atoms with Crippen molar-refractivity contribution >= 4 is 11.4 Å². The molecule has 0 aliphatic heterocycles. The summed E-state index contributed by atoms with van der Waals surface area (Å²) in [6.45, 7) is 6.31. The van der Waals surface area contributed by atoms with Gasteiger partial charge in [0.1, 0.15) is 29.1 Å². The Morgan fingerprint density at radius 3 is 2.50 bits per heavy atom. The average Bonchev–Trinajstić information content (AvgIpc) is 2.58. The smallest absolute Gasteiger partial charge is 0.150 e. The van der Waals surface area contributed by atoms with Crippen molar-refractivity contribution in [2.75, 3.05) is 11.9 Å². The van der Waals surface area contributed by atoms with E-state index in [-0.39, 0.29) is 17.2 Å². The minimum absolute atomic E-state index is 0.0561. The van der Waals surface area contributed by atoms with Gasteiger partial charge in [0.05, 0.1) is 12.2 Å². The van der Waals surface area contributed by atoms with Gasteiger partial charge < -0.3 is 10.1 Å². The van der Waals surface area contributed by atoms with Crippen LogP contribution >= 0.6 is 0 Å². The quantitative estimate of drug-likeness (QED) is 0.761. The van der Waals surface area contributed by atoms with Crippen LogP contribution in [0.4, 0.5) is 20.2 Å². The van der Waals surface area contributed by atoms with Crippen molar-refractivity contribution < 1.29 is 13.5 Å². The Morgan fingerprint density at radius 1 is 1.17 bits per heavy atom. The van der Waals surface area contributed by atoms with Gasteiger partial charge in [0.25, 0.3) is 0 Å². The van der Waals surface area contributed by atoms with Gasteiger partial charge in [-0.1, -0.05) is 19.9 Å². The molecule has 0 radical (unpaired) electrons. The lowest BCUT2D eigenvalue weighted by molar-refractivity contribution is 0.334.